The van der Waals surface area contributed by atoms with E-state index in [1.54, 1.807) is 0 Å². The minimum atomic E-state index is -0.397. The number of ether oxygens (including phenoxy) is 1. The summed E-state index contributed by atoms with van der Waals surface area (Å²) in [6.45, 7) is 6.65. The lowest BCUT2D eigenvalue weighted by Gasteiger charge is -2.20. The van der Waals surface area contributed by atoms with Crippen molar-refractivity contribution in [3.8, 4) is 0 Å². The average molecular weight is 468 g/mol. The summed E-state index contributed by atoms with van der Waals surface area (Å²) in [6.07, 6.45) is 31.1. The maximum Gasteiger partial charge on any atom is 0.246 e. The van der Waals surface area contributed by atoms with E-state index in [-0.39, 0.29) is 12.0 Å². The highest BCUT2D eigenvalue weighted by molar-refractivity contribution is 5.78. The minimum absolute atomic E-state index is 0.134. The van der Waals surface area contributed by atoms with Crippen LogP contribution in [0.2, 0.25) is 0 Å². The van der Waals surface area contributed by atoms with Gasteiger partial charge < -0.3 is 10.5 Å². The molecule has 1 amide bonds. The van der Waals surface area contributed by atoms with Gasteiger partial charge in [0.1, 0.15) is 6.10 Å². The van der Waals surface area contributed by atoms with Crippen LogP contribution < -0.4 is 5.73 Å². The molecule has 0 aliphatic carbocycles. The van der Waals surface area contributed by atoms with Crippen molar-refractivity contribution in [2.75, 3.05) is 0 Å². The van der Waals surface area contributed by atoms with Crippen LogP contribution in [0.4, 0.5) is 0 Å². The normalized spacial score (nSPS) is 13.3. The lowest BCUT2D eigenvalue weighted by molar-refractivity contribution is -0.133. The molecule has 0 radical (unpaired) electrons. The van der Waals surface area contributed by atoms with Crippen LogP contribution in [0.15, 0.2) is 0 Å². The molecule has 0 aromatic rings. The summed E-state index contributed by atoms with van der Waals surface area (Å²) in [4.78, 5) is 11.8. The molecule has 0 aliphatic rings. The van der Waals surface area contributed by atoms with E-state index in [0.717, 1.165) is 19.3 Å². The number of carbonyl (C=O) groups excluding carboxylic acids is 1. The molecule has 2 unspecified atom stereocenters. The third-order valence-electron chi connectivity index (χ3n) is 7.00. The van der Waals surface area contributed by atoms with Gasteiger partial charge in [0.15, 0.2) is 0 Å². The topological polar surface area (TPSA) is 52.3 Å². The van der Waals surface area contributed by atoms with E-state index in [9.17, 15) is 4.79 Å². The monoisotopic (exact) mass is 467 g/mol. The van der Waals surface area contributed by atoms with Gasteiger partial charge in [-0.05, 0) is 19.8 Å². The van der Waals surface area contributed by atoms with Crippen molar-refractivity contribution < 1.29 is 9.53 Å². The molecule has 0 rings (SSSR count). The third-order valence-corrected chi connectivity index (χ3v) is 7.00. The van der Waals surface area contributed by atoms with E-state index in [0.29, 0.717) is 0 Å². The summed E-state index contributed by atoms with van der Waals surface area (Å²) in [6, 6.07) is 0. The molecule has 0 saturated carbocycles. The van der Waals surface area contributed by atoms with Gasteiger partial charge >= 0.3 is 0 Å². The first-order valence-corrected chi connectivity index (χ1v) is 15.1. The Morgan fingerprint density at radius 3 is 1.18 bits per heavy atom. The molecule has 0 aromatic heterocycles. The lowest BCUT2D eigenvalue weighted by Crippen LogP contribution is -2.34. The minimum Gasteiger partial charge on any atom is -0.367 e. The van der Waals surface area contributed by atoms with Gasteiger partial charge in [0.05, 0.1) is 6.10 Å². The molecule has 0 aliphatic heterocycles. The van der Waals surface area contributed by atoms with E-state index < -0.39 is 6.10 Å². The van der Waals surface area contributed by atoms with Crippen molar-refractivity contribution >= 4 is 5.91 Å². The van der Waals surface area contributed by atoms with Crippen LogP contribution in [0.1, 0.15) is 175 Å². The average Bonchev–Trinajstić information content (AvgIpc) is 2.80. The van der Waals surface area contributed by atoms with Crippen molar-refractivity contribution in [1.82, 2.24) is 0 Å². The molecule has 0 heterocycles. The van der Waals surface area contributed by atoms with Crippen LogP contribution in [0, 0.1) is 0 Å². The lowest BCUT2D eigenvalue weighted by atomic mass is 10.0. The zero-order valence-electron chi connectivity index (χ0n) is 23.0. The van der Waals surface area contributed by atoms with Crippen molar-refractivity contribution in [3.63, 3.8) is 0 Å². The van der Waals surface area contributed by atoms with Gasteiger partial charge in [-0.25, -0.2) is 0 Å². The summed E-state index contributed by atoms with van der Waals surface area (Å²) in [5, 5.41) is 0. The molecule has 3 heteroatoms. The second kappa shape index (κ2) is 26.0. The summed E-state index contributed by atoms with van der Waals surface area (Å²) >= 11 is 0. The van der Waals surface area contributed by atoms with Crippen molar-refractivity contribution in [2.24, 2.45) is 5.73 Å². The van der Waals surface area contributed by atoms with E-state index in [1.165, 1.54) is 135 Å². The molecule has 33 heavy (non-hydrogen) atoms. The largest absolute Gasteiger partial charge is 0.367 e. The first-order chi connectivity index (χ1) is 16.1. The predicted octanol–water partition coefficient (Wildman–Crippen LogP) is 9.65. The highest BCUT2D eigenvalue weighted by atomic mass is 16.5. The Balaban J connectivity index is 3.56. The number of carbonyl (C=O) groups is 1. The number of nitrogens with two attached hydrogens (primary N) is 1. The predicted molar refractivity (Wildman–Crippen MR) is 146 cm³/mol. The first kappa shape index (κ1) is 32.4. The molecule has 0 fully saturated rings. The molecular formula is C30H61NO2. The Bertz CT molecular complexity index is 399. The molecule has 0 aromatic carbocycles. The van der Waals surface area contributed by atoms with Crippen LogP contribution in [0.5, 0.6) is 0 Å². The van der Waals surface area contributed by atoms with Gasteiger partial charge in [-0.3, -0.25) is 4.79 Å². The quantitative estimate of drug-likeness (QED) is 0.122. The van der Waals surface area contributed by atoms with E-state index >= 15 is 0 Å². The second-order valence-corrected chi connectivity index (χ2v) is 10.5. The number of rotatable bonds is 27. The van der Waals surface area contributed by atoms with Crippen molar-refractivity contribution in [3.05, 3.63) is 0 Å². The zero-order chi connectivity index (χ0) is 24.4. The summed E-state index contributed by atoms with van der Waals surface area (Å²) in [7, 11) is 0. The molecule has 0 bridgehead atoms. The van der Waals surface area contributed by atoms with Gasteiger partial charge in [-0.15, -0.1) is 0 Å². The van der Waals surface area contributed by atoms with Gasteiger partial charge in [0.2, 0.25) is 5.91 Å². The van der Waals surface area contributed by atoms with Crippen LogP contribution >= 0.6 is 0 Å². The van der Waals surface area contributed by atoms with Gasteiger partial charge in [-0.1, -0.05) is 155 Å². The van der Waals surface area contributed by atoms with E-state index in [4.69, 9.17) is 10.5 Å². The Morgan fingerprint density at radius 2 is 0.848 bits per heavy atom. The maximum atomic E-state index is 11.8. The Hall–Kier alpha value is -0.570. The Labute approximate surface area is 208 Å². The molecule has 2 N–H and O–H groups in total. The molecular weight excluding hydrogens is 406 g/mol. The number of hydrogen-bond donors (Lipinski definition) is 1. The smallest absolute Gasteiger partial charge is 0.246 e. The van der Waals surface area contributed by atoms with Crippen molar-refractivity contribution in [2.45, 2.75) is 187 Å². The van der Waals surface area contributed by atoms with Crippen LogP contribution in [0.3, 0.4) is 0 Å². The number of unbranched alkanes of at least 4 members (excludes halogenated alkanes) is 20. The molecule has 0 saturated heterocycles. The second-order valence-electron chi connectivity index (χ2n) is 10.5. The summed E-state index contributed by atoms with van der Waals surface area (Å²) in [5.74, 6) is -0.285. The van der Waals surface area contributed by atoms with Gasteiger partial charge in [0.25, 0.3) is 0 Å². The highest BCUT2D eigenvalue weighted by Crippen LogP contribution is 2.17. The van der Waals surface area contributed by atoms with Gasteiger partial charge in [-0.2, -0.15) is 0 Å². The van der Waals surface area contributed by atoms with Crippen LogP contribution in [-0.4, -0.2) is 18.1 Å². The molecule has 0 spiro atoms. The molecule has 2 atom stereocenters. The summed E-state index contributed by atoms with van der Waals surface area (Å²) in [5.41, 5.74) is 5.61. The number of amides is 1. The third kappa shape index (κ3) is 24.4. The first-order valence-electron chi connectivity index (χ1n) is 15.1. The Kier molecular flexibility index (Phi) is 25.6. The van der Waals surface area contributed by atoms with Crippen molar-refractivity contribution in [1.29, 1.82) is 0 Å². The van der Waals surface area contributed by atoms with Crippen LogP contribution in [-0.2, 0) is 9.53 Å². The molecule has 3 nitrogen and oxygen atoms in total. The SMILES string of the molecule is CCCCCCCCCCCCCCCCC(OC(C)CCCCCCCCCC)C(N)=O. The highest BCUT2D eigenvalue weighted by Gasteiger charge is 2.18. The standard InChI is InChI=1S/C30H61NO2/c1-4-6-8-10-12-14-15-16-17-18-19-21-23-25-27-29(30(31)32)33-28(3)26-24-22-20-13-11-9-7-5-2/h28-29H,4-27H2,1-3H3,(H2,31,32). The fourth-order valence-electron chi connectivity index (χ4n) is 4.72. The van der Waals surface area contributed by atoms with E-state index in [2.05, 4.69) is 20.8 Å². The Morgan fingerprint density at radius 1 is 0.545 bits per heavy atom. The maximum absolute atomic E-state index is 11.8. The fraction of sp³-hybridized carbons (Fsp3) is 0.967. The van der Waals surface area contributed by atoms with Gasteiger partial charge in [0, 0.05) is 0 Å². The van der Waals surface area contributed by atoms with Crippen LogP contribution in [0.25, 0.3) is 0 Å². The molecule has 198 valence electrons. The fourth-order valence-corrected chi connectivity index (χ4v) is 4.72. The zero-order valence-corrected chi connectivity index (χ0v) is 23.0. The van der Waals surface area contributed by atoms with E-state index in [1.807, 2.05) is 0 Å². The number of primary amides is 1. The number of hydrogen-bond acceptors (Lipinski definition) is 2. The summed E-state index contributed by atoms with van der Waals surface area (Å²) < 4.78 is 6.01.